The number of nitrogens with one attached hydrogen (secondary N) is 1. The minimum absolute atomic E-state index is 0.0590. The van der Waals surface area contributed by atoms with E-state index in [0.717, 1.165) is 41.6 Å². The van der Waals surface area contributed by atoms with Gasteiger partial charge in [0.15, 0.2) is 17.5 Å². The van der Waals surface area contributed by atoms with E-state index in [9.17, 15) is 18.0 Å². The maximum atomic E-state index is 13.9. The zero-order chi connectivity index (χ0) is 22.1. The lowest BCUT2D eigenvalue weighted by atomic mass is 9.94. The van der Waals surface area contributed by atoms with E-state index in [1.807, 2.05) is 17.0 Å². The van der Waals surface area contributed by atoms with Gasteiger partial charge < -0.3 is 4.90 Å². The van der Waals surface area contributed by atoms with Crippen LogP contribution in [0.1, 0.15) is 40.5 Å². The molecule has 0 saturated carbocycles. The molecule has 2 aliphatic heterocycles. The van der Waals surface area contributed by atoms with Crippen molar-refractivity contribution in [3.8, 4) is 11.3 Å². The first-order valence-electron chi connectivity index (χ1n) is 10.4. The number of carbonyl (C=O) groups excluding carboxylic acids is 1. The van der Waals surface area contributed by atoms with Crippen LogP contribution < -0.4 is 0 Å². The number of fused-ring (bicyclic) bond motifs is 5. The van der Waals surface area contributed by atoms with Crippen LogP contribution in [0, 0.1) is 17.5 Å². The van der Waals surface area contributed by atoms with Crippen molar-refractivity contribution in [2.75, 3.05) is 0 Å². The second-order valence-corrected chi connectivity index (χ2v) is 8.39. The fourth-order valence-corrected chi connectivity index (χ4v) is 5.29. The maximum Gasteiger partial charge on any atom is 0.256 e. The summed E-state index contributed by atoms with van der Waals surface area (Å²) in [4.78, 5) is 15.4. The van der Waals surface area contributed by atoms with Crippen LogP contribution in [0.2, 0.25) is 0 Å². The van der Waals surface area contributed by atoms with E-state index in [0.29, 0.717) is 23.2 Å². The van der Waals surface area contributed by atoms with E-state index in [1.165, 1.54) is 0 Å². The number of H-pyrrole nitrogens is 1. The predicted octanol–water partition coefficient (Wildman–Crippen LogP) is 4.28. The summed E-state index contributed by atoms with van der Waals surface area (Å²) in [7, 11) is 1.69. The molecule has 1 amide bonds. The van der Waals surface area contributed by atoms with Crippen molar-refractivity contribution in [3.63, 3.8) is 0 Å². The Morgan fingerprint density at radius 3 is 2.72 bits per heavy atom. The van der Waals surface area contributed by atoms with Gasteiger partial charge in [0.25, 0.3) is 5.91 Å². The molecule has 1 fully saturated rings. The summed E-state index contributed by atoms with van der Waals surface area (Å²) in [6.45, 7) is 0. The lowest BCUT2D eigenvalue weighted by Gasteiger charge is -2.34. The molecule has 4 aromatic rings. The summed E-state index contributed by atoms with van der Waals surface area (Å²) in [5.74, 6) is -4.06. The van der Waals surface area contributed by atoms with Crippen molar-refractivity contribution < 1.29 is 18.0 Å². The number of benzene rings is 2. The summed E-state index contributed by atoms with van der Waals surface area (Å²) in [5.41, 5.74) is 3.62. The highest BCUT2D eigenvalue weighted by molar-refractivity contribution is 6.05. The topological polar surface area (TPSA) is 66.8 Å². The lowest BCUT2D eigenvalue weighted by molar-refractivity contribution is 0.0644. The highest BCUT2D eigenvalue weighted by Crippen LogP contribution is 2.47. The SMILES string of the molecule is Cn1nc2c(c1-c1cc(F)c(F)c(F)c1)CC1CCC2N1C(=O)c1cccc2cn[nH]c12. The van der Waals surface area contributed by atoms with E-state index in [2.05, 4.69) is 15.3 Å². The van der Waals surface area contributed by atoms with Crippen LogP contribution >= 0.6 is 0 Å². The van der Waals surface area contributed by atoms with E-state index >= 15 is 0 Å². The monoisotopic (exact) mass is 437 g/mol. The normalized spacial score (nSPS) is 19.6. The summed E-state index contributed by atoms with van der Waals surface area (Å²) in [6.07, 6.45) is 3.76. The van der Waals surface area contributed by atoms with Gasteiger partial charge in [0.2, 0.25) is 0 Å². The molecule has 0 radical (unpaired) electrons. The predicted molar refractivity (Wildman–Crippen MR) is 110 cm³/mol. The molecule has 2 aromatic heterocycles. The van der Waals surface area contributed by atoms with Gasteiger partial charge in [0.05, 0.1) is 34.7 Å². The first kappa shape index (κ1) is 19.1. The van der Waals surface area contributed by atoms with E-state index in [-0.39, 0.29) is 23.6 Å². The molecule has 2 atom stereocenters. The standard InChI is InChI=1S/C23H18F3N5O/c1-30-22(12-7-16(24)19(26)17(25)8-12)15-9-13-5-6-18(21(15)29-30)31(13)23(32)14-4-2-3-11-10-27-28-20(11)14/h2-4,7-8,10,13,18H,5-6,9H2,1H3,(H,27,28). The van der Waals surface area contributed by atoms with Crippen LogP contribution in [0.25, 0.3) is 22.2 Å². The molecule has 32 heavy (non-hydrogen) atoms. The number of aromatic amines is 1. The van der Waals surface area contributed by atoms with Crippen molar-refractivity contribution in [2.45, 2.75) is 31.3 Å². The van der Waals surface area contributed by atoms with Crippen LogP contribution in [-0.2, 0) is 13.5 Å². The van der Waals surface area contributed by atoms with Crippen LogP contribution in [-0.4, -0.2) is 36.8 Å². The van der Waals surface area contributed by atoms with E-state index < -0.39 is 17.5 Å². The molecule has 2 aromatic carbocycles. The Kier molecular flexibility index (Phi) is 3.99. The highest BCUT2D eigenvalue weighted by atomic mass is 19.2. The van der Waals surface area contributed by atoms with Crippen LogP contribution in [0.5, 0.6) is 0 Å². The number of para-hydroxylation sites is 1. The Labute approximate surface area is 180 Å². The van der Waals surface area contributed by atoms with Crippen LogP contribution in [0.15, 0.2) is 36.5 Å². The highest BCUT2D eigenvalue weighted by Gasteiger charge is 2.46. The van der Waals surface area contributed by atoms with Crippen LogP contribution in [0.4, 0.5) is 13.2 Å². The second-order valence-electron chi connectivity index (χ2n) is 8.39. The molecule has 1 saturated heterocycles. The molecule has 2 bridgehead atoms. The van der Waals surface area contributed by atoms with Crippen molar-refractivity contribution in [2.24, 2.45) is 7.05 Å². The first-order valence-corrected chi connectivity index (χ1v) is 10.4. The number of nitrogens with zero attached hydrogens (tertiary/aromatic N) is 4. The number of carbonyl (C=O) groups is 1. The summed E-state index contributed by atoms with van der Waals surface area (Å²) in [6, 6.07) is 7.21. The van der Waals surface area contributed by atoms with E-state index in [4.69, 9.17) is 0 Å². The molecule has 0 spiro atoms. The minimum atomic E-state index is -1.49. The zero-order valence-corrected chi connectivity index (χ0v) is 17.1. The van der Waals surface area contributed by atoms with Gasteiger partial charge in [-0.1, -0.05) is 12.1 Å². The Balaban J connectivity index is 1.44. The molecule has 6 rings (SSSR count). The molecular formula is C23H18F3N5O. The fraction of sp³-hybridized carbons (Fsp3) is 0.261. The number of rotatable bonds is 2. The quantitative estimate of drug-likeness (QED) is 0.476. The van der Waals surface area contributed by atoms with Gasteiger partial charge in [-0.3, -0.25) is 14.6 Å². The number of hydrogen-bond acceptors (Lipinski definition) is 3. The number of amides is 1. The van der Waals surface area contributed by atoms with Gasteiger partial charge in [-0.2, -0.15) is 10.2 Å². The average Bonchev–Trinajstić information content (AvgIpc) is 3.46. The number of halogens is 3. The maximum absolute atomic E-state index is 13.9. The zero-order valence-electron chi connectivity index (χ0n) is 17.1. The molecule has 1 N–H and O–H groups in total. The van der Waals surface area contributed by atoms with Gasteiger partial charge in [-0.15, -0.1) is 0 Å². The molecular weight excluding hydrogens is 419 g/mol. The van der Waals surface area contributed by atoms with Gasteiger partial charge >= 0.3 is 0 Å². The molecule has 162 valence electrons. The Bertz CT molecular complexity index is 1390. The third-order valence-electron chi connectivity index (χ3n) is 6.63. The van der Waals surface area contributed by atoms with Crippen molar-refractivity contribution in [3.05, 3.63) is 70.8 Å². The first-order chi connectivity index (χ1) is 15.4. The third kappa shape index (κ3) is 2.57. The summed E-state index contributed by atoms with van der Waals surface area (Å²) in [5, 5.41) is 12.5. The number of aryl methyl sites for hydroxylation is 1. The Morgan fingerprint density at radius 2 is 1.94 bits per heavy atom. The average molecular weight is 437 g/mol. The Hall–Kier alpha value is -3.62. The molecule has 2 aliphatic rings. The number of hydrogen-bond donors (Lipinski definition) is 1. The Morgan fingerprint density at radius 1 is 1.16 bits per heavy atom. The largest absolute Gasteiger partial charge is 0.327 e. The second kappa shape index (κ2) is 6.69. The smallest absolute Gasteiger partial charge is 0.256 e. The molecule has 0 aliphatic carbocycles. The third-order valence-corrected chi connectivity index (χ3v) is 6.63. The van der Waals surface area contributed by atoms with Crippen molar-refractivity contribution >= 4 is 16.8 Å². The summed E-state index contributed by atoms with van der Waals surface area (Å²) < 4.78 is 42.9. The van der Waals surface area contributed by atoms with Gasteiger partial charge in [0.1, 0.15) is 0 Å². The van der Waals surface area contributed by atoms with Crippen LogP contribution in [0.3, 0.4) is 0 Å². The van der Waals surface area contributed by atoms with E-state index in [1.54, 1.807) is 24.0 Å². The van der Waals surface area contributed by atoms with Gasteiger partial charge in [0, 0.05) is 29.6 Å². The molecule has 2 unspecified atom stereocenters. The van der Waals surface area contributed by atoms with Crippen molar-refractivity contribution in [1.82, 2.24) is 24.9 Å². The minimum Gasteiger partial charge on any atom is -0.327 e. The van der Waals surface area contributed by atoms with Gasteiger partial charge in [-0.05, 0) is 37.5 Å². The lowest BCUT2D eigenvalue weighted by Crippen LogP contribution is -2.42. The molecule has 6 nitrogen and oxygen atoms in total. The number of aromatic nitrogens is 4. The van der Waals surface area contributed by atoms with Crippen molar-refractivity contribution in [1.29, 1.82) is 0 Å². The molecule has 4 heterocycles. The van der Waals surface area contributed by atoms with Gasteiger partial charge in [-0.25, -0.2) is 13.2 Å². The summed E-state index contributed by atoms with van der Waals surface area (Å²) >= 11 is 0. The fourth-order valence-electron chi connectivity index (χ4n) is 5.29. The molecule has 9 heteroatoms.